The van der Waals surface area contributed by atoms with Crippen molar-refractivity contribution in [3.8, 4) is 0 Å². The minimum Gasteiger partial charge on any atom is -0.316 e. The van der Waals surface area contributed by atoms with Crippen molar-refractivity contribution in [1.29, 1.82) is 0 Å². The van der Waals surface area contributed by atoms with E-state index < -0.39 is 10.8 Å². The smallest absolute Gasteiger partial charge is 0.0545 e. The van der Waals surface area contributed by atoms with Gasteiger partial charge in [0.2, 0.25) is 0 Å². The van der Waals surface area contributed by atoms with E-state index in [9.17, 15) is 4.21 Å². The van der Waals surface area contributed by atoms with Crippen LogP contribution in [0.15, 0.2) is 23.1 Å². The fraction of sp³-hybridized carbons (Fsp3) is 0.500. The van der Waals surface area contributed by atoms with Crippen LogP contribution in [0.1, 0.15) is 18.1 Å². The largest absolute Gasteiger partial charge is 0.316 e. The highest BCUT2D eigenvalue weighted by Crippen LogP contribution is 2.14. The Morgan fingerprint density at radius 1 is 1.33 bits per heavy atom. The molecule has 0 aliphatic heterocycles. The van der Waals surface area contributed by atoms with Crippen molar-refractivity contribution < 1.29 is 4.21 Å². The molecular formula is C12H19NOS. The van der Waals surface area contributed by atoms with E-state index in [1.807, 2.05) is 26.0 Å². The van der Waals surface area contributed by atoms with E-state index in [-0.39, 0.29) is 0 Å². The van der Waals surface area contributed by atoms with Gasteiger partial charge in [0, 0.05) is 17.2 Å². The Morgan fingerprint density at radius 2 is 2.07 bits per heavy atom. The summed E-state index contributed by atoms with van der Waals surface area (Å²) in [7, 11) is -0.869. The molecule has 0 radical (unpaired) electrons. The molecule has 1 aromatic carbocycles. The van der Waals surface area contributed by atoms with Crippen molar-refractivity contribution in [2.45, 2.75) is 25.7 Å². The molecular weight excluding hydrogens is 206 g/mol. The van der Waals surface area contributed by atoms with E-state index in [0.717, 1.165) is 23.5 Å². The lowest BCUT2D eigenvalue weighted by Crippen LogP contribution is -2.20. The standard InChI is InChI=1S/C12H19NOS/c1-4-13-7-8-15(14)12-9-10(2)5-6-11(12)3/h5-6,9,13H,4,7-8H2,1-3H3. The molecule has 0 aliphatic carbocycles. The summed E-state index contributed by atoms with van der Waals surface area (Å²) in [4.78, 5) is 0.980. The molecule has 0 saturated carbocycles. The fourth-order valence-electron chi connectivity index (χ4n) is 1.40. The molecule has 84 valence electrons. The lowest BCUT2D eigenvalue weighted by Gasteiger charge is -2.07. The Morgan fingerprint density at radius 3 is 2.73 bits per heavy atom. The minimum absolute atomic E-state index is 0.693. The van der Waals surface area contributed by atoms with Crippen LogP contribution in [0, 0.1) is 13.8 Å². The van der Waals surface area contributed by atoms with E-state index in [1.54, 1.807) is 0 Å². The molecule has 1 atom stereocenters. The van der Waals surface area contributed by atoms with Crippen molar-refractivity contribution in [1.82, 2.24) is 5.32 Å². The first kappa shape index (κ1) is 12.4. The molecule has 0 saturated heterocycles. The molecule has 2 nitrogen and oxygen atoms in total. The van der Waals surface area contributed by atoms with Crippen LogP contribution in [-0.4, -0.2) is 23.1 Å². The van der Waals surface area contributed by atoms with Crippen LogP contribution >= 0.6 is 0 Å². The second-order valence-electron chi connectivity index (χ2n) is 3.67. The summed E-state index contributed by atoms with van der Waals surface area (Å²) in [6.07, 6.45) is 0. The Labute approximate surface area is 94.5 Å². The summed E-state index contributed by atoms with van der Waals surface area (Å²) in [5.41, 5.74) is 2.29. The van der Waals surface area contributed by atoms with Crippen molar-refractivity contribution >= 4 is 10.8 Å². The number of aryl methyl sites for hydroxylation is 2. The maximum atomic E-state index is 12.0. The van der Waals surface area contributed by atoms with Gasteiger partial charge < -0.3 is 5.32 Å². The van der Waals surface area contributed by atoms with E-state index in [0.29, 0.717) is 5.75 Å². The summed E-state index contributed by atoms with van der Waals surface area (Å²) in [5.74, 6) is 0.693. The normalized spacial score (nSPS) is 12.7. The fourth-order valence-corrected chi connectivity index (χ4v) is 2.70. The van der Waals surface area contributed by atoms with Crippen molar-refractivity contribution in [3.63, 3.8) is 0 Å². The number of nitrogens with one attached hydrogen (secondary N) is 1. The lowest BCUT2D eigenvalue weighted by atomic mass is 10.2. The first-order valence-electron chi connectivity index (χ1n) is 5.31. The molecule has 0 aliphatic rings. The SMILES string of the molecule is CCNCCS(=O)c1cc(C)ccc1C. The number of hydrogen-bond acceptors (Lipinski definition) is 2. The van der Waals surface area contributed by atoms with Crippen LogP contribution in [0.4, 0.5) is 0 Å². The van der Waals surface area contributed by atoms with Crippen molar-refractivity contribution in [2.75, 3.05) is 18.8 Å². The molecule has 0 spiro atoms. The van der Waals surface area contributed by atoms with Gasteiger partial charge in [-0.3, -0.25) is 4.21 Å². The Bertz CT molecular complexity index is 349. The quantitative estimate of drug-likeness (QED) is 0.777. The number of hydrogen-bond donors (Lipinski definition) is 1. The predicted octanol–water partition coefficient (Wildman–Crippen LogP) is 2.02. The average Bonchev–Trinajstić information content (AvgIpc) is 2.22. The van der Waals surface area contributed by atoms with Crippen LogP contribution in [0.25, 0.3) is 0 Å². The monoisotopic (exact) mass is 225 g/mol. The first-order valence-corrected chi connectivity index (χ1v) is 6.63. The van der Waals surface area contributed by atoms with E-state index >= 15 is 0 Å². The van der Waals surface area contributed by atoms with Crippen LogP contribution in [0.3, 0.4) is 0 Å². The van der Waals surface area contributed by atoms with Gasteiger partial charge in [-0.2, -0.15) is 0 Å². The van der Waals surface area contributed by atoms with E-state index in [2.05, 4.69) is 18.3 Å². The second-order valence-corrected chi connectivity index (χ2v) is 5.21. The van der Waals surface area contributed by atoms with Gasteiger partial charge >= 0.3 is 0 Å². The highest BCUT2D eigenvalue weighted by Gasteiger charge is 2.06. The van der Waals surface area contributed by atoms with E-state index in [4.69, 9.17) is 0 Å². The van der Waals surface area contributed by atoms with Gasteiger partial charge in [0.15, 0.2) is 0 Å². The maximum Gasteiger partial charge on any atom is 0.0545 e. The van der Waals surface area contributed by atoms with Gasteiger partial charge in [-0.05, 0) is 37.6 Å². The van der Waals surface area contributed by atoms with Crippen LogP contribution in [-0.2, 0) is 10.8 Å². The van der Waals surface area contributed by atoms with Gasteiger partial charge in [0.25, 0.3) is 0 Å². The molecule has 0 bridgehead atoms. The molecule has 15 heavy (non-hydrogen) atoms. The molecule has 3 heteroatoms. The third kappa shape index (κ3) is 3.76. The maximum absolute atomic E-state index is 12.0. The van der Waals surface area contributed by atoms with Gasteiger partial charge in [-0.1, -0.05) is 19.1 Å². The van der Waals surface area contributed by atoms with E-state index in [1.165, 1.54) is 5.56 Å². The number of benzene rings is 1. The molecule has 1 unspecified atom stereocenters. The molecule has 1 rings (SSSR count). The Balaban J connectivity index is 2.68. The zero-order chi connectivity index (χ0) is 11.3. The summed E-state index contributed by atoms with van der Waals surface area (Å²) in [5, 5.41) is 3.19. The Kier molecular flexibility index (Phi) is 4.99. The molecule has 0 amide bonds. The van der Waals surface area contributed by atoms with Gasteiger partial charge in [-0.25, -0.2) is 0 Å². The van der Waals surface area contributed by atoms with Crippen LogP contribution < -0.4 is 5.32 Å². The topological polar surface area (TPSA) is 29.1 Å². The first-order chi connectivity index (χ1) is 7.15. The van der Waals surface area contributed by atoms with Crippen molar-refractivity contribution in [3.05, 3.63) is 29.3 Å². The van der Waals surface area contributed by atoms with Gasteiger partial charge in [-0.15, -0.1) is 0 Å². The van der Waals surface area contributed by atoms with Gasteiger partial charge in [0.1, 0.15) is 0 Å². The molecule has 1 N–H and O–H groups in total. The summed E-state index contributed by atoms with van der Waals surface area (Å²) >= 11 is 0. The third-order valence-electron chi connectivity index (χ3n) is 2.30. The lowest BCUT2D eigenvalue weighted by molar-refractivity contribution is 0.676. The molecule has 0 heterocycles. The van der Waals surface area contributed by atoms with Crippen LogP contribution in [0.2, 0.25) is 0 Å². The summed E-state index contributed by atoms with van der Waals surface area (Å²) in [6, 6.07) is 6.12. The molecule has 0 aromatic heterocycles. The number of rotatable bonds is 5. The molecule has 1 aromatic rings. The second kappa shape index (κ2) is 6.03. The Hall–Kier alpha value is -0.670. The summed E-state index contributed by atoms with van der Waals surface area (Å²) < 4.78 is 12.0. The highest BCUT2D eigenvalue weighted by molar-refractivity contribution is 7.85. The van der Waals surface area contributed by atoms with Crippen LogP contribution in [0.5, 0.6) is 0 Å². The third-order valence-corrected chi connectivity index (χ3v) is 3.81. The highest BCUT2D eigenvalue weighted by atomic mass is 32.2. The minimum atomic E-state index is -0.869. The predicted molar refractivity (Wildman–Crippen MR) is 65.7 cm³/mol. The average molecular weight is 225 g/mol. The summed E-state index contributed by atoms with van der Waals surface area (Å²) in [6.45, 7) is 7.85. The van der Waals surface area contributed by atoms with Gasteiger partial charge in [0.05, 0.1) is 10.8 Å². The zero-order valence-electron chi connectivity index (χ0n) is 9.67. The molecule has 0 fully saturated rings. The van der Waals surface area contributed by atoms with Crippen molar-refractivity contribution in [2.24, 2.45) is 0 Å². The zero-order valence-corrected chi connectivity index (χ0v) is 10.5.